The second-order valence-corrected chi connectivity index (χ2v) is 5.72. The Kier molecular flexibility index (Phi) is 7.66. The molecule has 102 valence electrons. The summed E-state index contributed by atoms with van der Waals surface area (Å²) in [5, 5.41) is 0. The molecule has 1 unspecified atom stereocenters. The molecule has 0 aromatic heterocycles. The number of rotatable bonds is 7. The van der Waals surface area contributed by atoms with Crippen LogP contribution in [-0.4, -0.2) is 0 Å². The van der Waals surface area contributed by atoms with Gasteiger partial charge in [0.1, 0.15) is 0 Å². The van der Waals surface area contributed by atoms with Crippen molar-refractivity contribution in [2.45, 2.75) is 60.8 Å². The van der Waals surface area contributed by atoms with Gasteiger partial charge in [0.05, 0.1) is 0 Å². The zero-order chi connectivity index (χ0) is 14.3. The van der Waals surface area contributed by atoms with E-state index >= 15 is 0 Å². The first kappa shape index (κ1) is 17.0. The fraction of sp³-hybridized carbons (Fsp3) is 0.556. The largest absolute Gasteiger partial charge is 0.0999 e. The van der Waals surface area contributed by atoms with Crippen molar-refractivity contribution >= 4 is 0 Å². The molecular weight excluding hydrogens is 216 g/mol. The Balaban J connectivity index is 4.40. The molecule has 0 saturated heterocycles. The van der Waals surface area contributed by atoms with Crippen molar-refractivity contribution in [2.75, 3.05) is 0 Å². The molecule has 0 aliphatic heterocycles. The normalized spacial score (nSPS) is 15.1. The highest BCUT2D eigenvalue weighted by molar-refractivity contribution is 5.26. The van der Waals surface area contributed by atoms with Crippen LogP contribution in [0.25, 0.3) is 0 Å². The third-order valence-electron chi connectivity index (χ3n) is 3.91. The van der Waals surface area contributed by atoms with E-state index in [9.17, 15) is 0 Å². The third-order valence-corrected chi connectivity index (χ3v) is 3.91. The van der Waals surface area contributed by atoms with Crippen molar-refractivity contribution in [1.29, 1.82) is 0 Å². The van der Waals surface area contributed by atoms with Gasteiger partial charge in [-0.25, -0.2) is 0 Å². The van der Waals surface area contributed by atoms with E-state index in [1.165, 1.54) is 35.1 Å². The summed E-state index contributed by atoms with van der Waals surface area (Å²) in [4.78, 5) is 0. The second-order valence-electron chi connectivity index (χ2n) is 5.72. The molecule has 0 radical (unpaired) electrons. The maximum absolute atomic E-state index is 4.02. The minimum absolute atomic E-state index is 0.625. The van der Waals surface area contributed by atoms with Crippen LogP contribution < -0.4 is 0 Å². The quantitative estimate of drug-likeness (QED) is 0.369. The molecular formula is C18H30. The van der Waals surface area contributed by atoms with E-state index in [1.807, 2.05) is 0 Å². The minimum atomic E-state index is 0.625. The lowest BCUT2D eigenvalue weighted by atomic mass is 9.94. The van der Waals surface area contributed by atoms with Gasteiger partial charge < -0.3 is 0 Å². The fourth-order valence-electron chi connectivity index (χ4n) is 1.55. The predicted molar refractivity (Wildman–Crippen MR) is 84.8 cm³/mol. The molecule has 0 aromatic carbocycles. The molecule has 0 nitrogen and oxygen atoms in total. The first-order valence-corrected chi connectivity index (χ1v) is 6.89. The molecule has 0 aromatic rings. The Morgan fingerprint density at radius 3 is 2.00 bits per heavy atom. The van der Waals surface area contributed by atoms with Gasteiger partial charge in [-0.15, -0.1) is 0 Å². The second kappa shape index (κ2) is 8.13. The van der Waals surface area contributed by atoms with Crippen LogP contribution in [0.15, 0.2) is 47.1 Å². The highest BCUT2D eigenvalue weighted by Crippen LogP contribution is 2.21. The van der Waals surface area contributed by atoms with Crippen LogP contribution in [-0.2, 0) is 0 Å². The van der Waals surface area contributed by atoms with Crippen molar-refractivity contribution in [1.82, 2.24) is 0 Å². The average molecular weight is 246 g/mol. The highest BCUT2D eigenvalue weighted by Gasteiger charge is 2.04. The number of allylic oxidation sites excluding steroid dienone is 6. The van der Waals surface area contributed by atoms with Crippen LogP contribution in [0.2, 0.25) is 0 Å². The van der Waals surface area contributed by atoms with Crippen molar-refractivity contribution in [2.24, 2.45) is 5.92 Å². The average Bonchev–Trinajstić information content (AvgIpc) is 2.31. The van der Waals surface area contributed by atoms with Crippen LogP contribution in [0.3, 0.4) is 0 Å². The minimum Gasteiger partial charge on any atom is -0.0999 e. The monoisotopic (exact) mass is 246 g/mol. The van der Waals surface area contributed by atoms with Gasteiger partial charge in [0.25, 0.3) is 0 Å². The first-order chi connectivity index (χ1) is 8.25. The van der Waals surface area contributed by atoms with Gasteiger partial charge in [-0.1, -0.05) is 54.0 Å². The Bertz CT molecular complexity index is 363. The van der Waals surface area contributed by atoms with E-state index in [2.05, 4.69) is 60.8 Å². The summed E-state index contributed by atoms with van der Waals surface area (Å²) in [5.41, 5.74) is 6.77. The number of hydrogen-bond donors (Lipinski definition) is 0. The number of hydrogen-bond acceptors (Lipinski definition) is 0. The summed E-state index contributed by atoms with van der Waals surface area (Å²) in [7, 11) is 0. The standard InChI is InChI=1S/C18H30/c1-13(2)15(5)9-11-17(7)18(8)12-10-16(6)14(3)4/h9,16H,1,3,10-12H2,2,4-8H3/b15-9+,18-17+. The van der Waals surface area contributed by atoms with Gasteiger partial charge >= 0.3 is 0 Å². The smallest absolute Gasteiger partial charge is 0.0133 e. The molecule has 0 rings (SSSR count). The van der Waals surface area contributed by atoms with Crippen LogP contribution in [0.4, 0.5) is 0 Å². The van der Waals surface area contributed by atoms with E-state index in [-0.39, 0.29) is 0 Å². The van der Waals surface area contributed by atoms with Gasteiger partial charge in [-0.2, -0.15) is 0 Å². The molecule has 0 aliphatic rings. The zero-order valence-corrected chi connectivity index (χ0v) is 13.2. The van der Waals surface area contributed by atoms with Crippen LogP contribution in [0.5, 0.6) is 0 Å². The molecule has 0 aliphatic carbocycles. The molecule has 18 heavy (non-hydrogen) atoms. The Morgan fingerprint density at radius 1 is 1.00 bits per heavy atom. The lowest BCUT2D eigenvalue weighted by Gasteiger charge is -2.12. The summed E-state index contributed by atoms with van der Waals surface area (Å²) in [6.45, 7) is 21.1. The van der Waals surface area contributed by atoms with Crippen LogP contribution in [0, 0.1) is 5.92 Å². The van der Waals surface area contributed by atoms with Gasteiger partial charge in [0.2, 0.25) is 0 Å². The maximum Gasteiger partial charge on any atom is -0.0133 e. The van der Waals surface area contributed by atoms with Crippen LogP contribution in [0.1, 0.15) is 60.8 Å². The molecule has 0 heteroatoms. The molecule has 0 heterocycles. The maximum atomic E-state index is 4.02. The lowest BCUT2D eigenvalue weighted by molar-refractivity contribution is 0.610. The SMILES string of the molecule is C=C(C)/C(C)=C/C/C(C)=C(\C)CCC(C)C(=C)C. The van der Waals surface area contributed by atoms with Crippen LogP contribution >= 0.6 is 0 Å². The summed E-state index contributed by atoms with van der Waals surface area (Å²) in [6.07, 6.45) is 5.72. The summed E-state index contributed by atoms with van der Waals surface area (Å²) in [5.74, 6) is 0.625. The van der Waals surface area contributed by atoms with Crippen molar-refractivity contribution in [3.8, 4) is 0 Å². The van der Waals surface area contributed by atoms with Gasteiger partial charge in [-0.05, 0) is 59.8 Å². The molecule has 0 fully saturated rings. The van der Waals surface area contributed by atoms with E-state index in [0.717, 1.165) is 12.0 Å². The highest BCUT2D eigenvalue weighted by atomic mass is 14.1. The molecule has 0 N–H and O–H groups in total. The summed E-state index contributed by atoms with van der Waals surface area (Å²) < 4.78 is 0. The van der Waals surface area contributed by atoms with Crippen molar-refractivity contribution in [3.63, 3.8) is 0 Å². The van der Waals surface area contributed by atoms with E-state index < -0.39 is 0 Å². The summed E-state index contributed by atoms with van der Waals surface area (Å²) in [6, 6.07) is 0. The molecule has 0 spiro atoms. The van der Waals surface area contributed by atoms with Gasteiger partial charge in [0.15, 0.2) is 0 Å². The topological polar surface area (TPSA) is 0 Å². The van der Waals surface area contributed by atoms with Gasteiger partial charge in [-0.3, -0.25) is 0 Å². The zero-order valence-electron chi connectivity index (χ0n) is 13.2. The van der Waals surface area contributed by atoms with Crippen molar-refractivity contribution < 1.29 is 0 Å². The van der Waals surface area contributed by atoms with Gasteiger partial charge in [0, 0.05) is 0 Å². The molecule has 1 atom stereocenters. The predicted octanol–water partition coefficient (Wildman–Crippen LogP) is 6.23. The van der Waals surface area contributed by atoms with E-state index in [1.54, 1.807) is 0 Å². The van der Waals surface area contributed by atoms with E-state index in [0.29, 0.717) is 5.92 Å². The molecule has 0 amide bonds. The Labute approximate surface area is 114 Å². The van der Waals surface area contributed by atoms with Crippen molar-refractivity contribution in [3.05, 3.63) is 47.1 Å². The first-order valence-electron chi connectivity index (χ1n) is 6.89. The van der Waals surface area contributed by atoms with E-state index in [4.69, 9.17) is 0 Å². The summed E-state index contributed by atoms with van der Waals surface area (Å²) >= 11 is 0. The third kappa shape index (κ3) is 6.64. The molecule has 0 bridgehead atoms. The lowest BCUT2D eigenvalue weighted by Crippen LogP contribution is -1.96. The molecule has 0 saturated carbocycles. The Hall–Kier alpha value is -1.04. The fourth-order valence-corrected chi connectivity index (χ4v) is 1.55. The Morgan fingerprint density at radius 2 is 1.56 bits per heavy atom.